The standard InChI is InChI=1S/C15H15N5/c1-10-7-18-13(8-17-10)9-19-15-12(6-16)5-11-3-2-4-14(11)20-15/h5,7-8H,2-4,9H2,1H3,(H,19,20). The third-order valence-electron chi connectivity index (χ3n) is 3.44. The van der Waals surface area contributed by atoms with E-state index in [1.54, 1.807) is 12.4 Å². The molecule has 2 heterocycles. The number of aromatic nitrogens is 3. The molecule has 0 aliphatic heterocycles. The van der Waals surface area contributed by atoms with E-state index in [-0.39, 0.29) is 0 Å². The number of nitriles is 1. The van der Waals surface area contributed by atoms with E-state index < -0.39 is 0 Å². The maximum Gasteiger partial charge on any atom is 0.144 e. The van der Waals surface area contributed by atoms with E-state index in [0.717, 1.165) is 36.3 Å². The van der Waals surface area contributed by atoms with Crippen LogP contribution in [0.5, 0.6) is 0 Å². The highest BCUT2D eigenvalue weighted by molar-refractivity contribution is 5.55. The van der Waals surface area contributed by atoms with Gasteiger partial charge in [-0.3, -0.25) is 9.97 Å². The van der Waals surface area contributed by atoms with Crippen LogP contribution < -0.4 is 5.32 Å². The Hall–Kier alpha value is -2.48. The number of nitrogens with zero attached hydrogens (tertiary/aromatic N) is 4. The van der Waals surface area contributed by atoms with Crippen LogP contribution in [0.4, 0.5) is 5.82 Å². The summed E-state index contributed by atoms with van der Waals surface area (Å²) in [6, 6.07) is 4.17. The van der Waals surface area contributed by atoms with Crippen molar-refractivity contribution in [2.24, 2.45) is 0 Å². The van der Waals surface area contributed by atoms with E-state index in [1.165, 1.54) is 5.56 Å². The number of pyridine rings is 1. The molecule has 0 saturated carbocycles. The first-order valence-electron chi connectivity index (χ1n) is 6.70. The molecule has 0 amide bonds. The molecule has 0 atom stereocenters. The Morgan fingerprint density at radius 3 is 2.95 bits per heavy atom. The van der Waals surface area contributed by atoms with Gasteiger partial charge < -0.3 is 5.32 Å². The van der Waals surface area contributed by atoms with Gasteiger partial charge in [0, 0.05) is 11.9 Å². The lowest BCUT2D eigenvalue weighted by Crippen LogP contribution is -2.07. The summed E-state index contributed by atoms with van der Waals surface area (Å²) in [4.78, 5) is 13.1. The summed E-state index contributed by atoms with van der Waals surface area (Å²) >= 11 is 0. The maximum absolute atomic E-state index is 9.23. The molecule has 0 radical (unpaired) electrons. The first-order valence-corrected chi connectivity index (χ1v) is 6.70. The molecule has 1 aliphatic rings. The van der Waals surface area contributed by atoms with Crippen LogP contribution >= 0.6 is 0 Å². The maximum atomic E-state index is 9.23. The lowest BCUT2D eigenvalue weighted by atomic mass is 10.1. The summed E-state index contributed by atoms with van der Waals surface area (Å²) in [5.74, 6) is 0.649. The zero-order valence-electron chi connectivity index (χ0n) is 11.3. The van der Waals surface area contributed by atoms with Crippen molar-refractivity contribution in [1.82, 2.24) is 15.0 Å². The minimum Gasteiger partial charge on any atom is -0.363 e. The van der Waals surface area contributed by atoms with E-state index in [9.17, 15) is 5.26 Å². The summed E-state index contributed by atoms with van der Waals surface area (Å²) in [6.45, 7) is 2.42. The molecule has 0 bridgehead atoms. The number of fused-ring (bicyclic) bond motifs is 1. The molecule has 0 unspecified atom stereocenters. The fourth-order valence-corrected chi connectivity index (χ4v) is 2.38. The normalized spacial score (nSPS) is 12.8. The summed E-state index contributed by atoms with van der Waals surface area (Å²) in [5.41, 5.74) is 4.65. The first-order chi connectivity index (χ1) is 9.76. The monoisotopic (exact) mass is 265 g/mol. The smallest absolute Gasteiger partial charge is 0.144 e. The molecule has 2 aromatic rings. The van der Waals surface area contributed by atoms with Crippen LogP contribution in [-0.4, -0.2) is 15.0 Å². The Bertz CT molecular complexity index is 670. The van der Waals surface area contributed by atoms with E-state index in [1.807, 2.05) is 13.0 Å². The number of hydrogen-bond donors (Lipinski definition) is 1. The predicted molar refractivity (Wildman–Crippen MR) is 75.1 cm³/mol. The Morgan fingerprint density at radius 1 is 1.30 bits per heavy atom. The molecular formula is C15H15N5. The third-order valence-corrected chi connectivity index (χ3v) is 3.44. The lowest BCUT2D eigenvalue weighted by Gasteiger charge is -2.09. The minimum absolute atomic E-state index is 0.522. The number of rotatable bonds is 3. The zero-order valence-corrected chi connectivity index (χ0v) is 11.3. The molecule has 100 valence electrons. The highest BCUT2D eigenvalue weighted by Gasteiger charge is 2.16. The Morgan fingerprint density at radius 2 is 2.20 bits per heavy atom. The second-order valence-electron chi connectivity index (χ2n) is 4.96. The molecule has 20 heavy (non-hydrogen) atoms. The van der Waals surface area contributed by atoms with Crippen LogP contribution in [0.2, 0.25) is 0 Å². The zero-order chi connectivity index (χ0) is 13.9. The molecule has 5 nitrogen and oxygen atoms in total. The number of anilines is 1. The van der Waals surface area contributed by atoms with E-state index in [2.05, 4.69) is 26.3 Å². The van der Waals surface area contributed by atoms with Crippen LogP contribution in [0.25, 0.3) is 0 Å². The van der Waals surface area contributed by atoms with Gasteiger partial charge in [-0.2, -0.15) is 5.26 Å². The molecule has 0 fully saturated rings. The largest absolute Gasteiger partial charge is 0.363 e. The van der Waals surface area contributed by atoms with Crippen molar-refractivity contribution >= 4 is 5.82 Å². The van der Waals surface area contributed by atoms with Gasteiger partial charge in [0.2, 0.25) is 0 Å². The van der Waals surface area contributed by atoms with Crippen LogP contribution in [0, 0.1) is 18.3 Å². The molecule has 0 saturated heterocycles. The number of aryl methyl sites for hydroxylation is 3. The predicted octanol–water partition coefficient (Wildman–Crippen LogP) is 2.15. The van der Waals surface area contributed by atoms with Crippen molar-refractivity contribution in [2.75, 3.05) is 5.32 Å². The van der Waals surface area contributed by atoms with Gasteiger partial charge in [-0.05, 0) is 37.8 Å². The Balaban J connectivity index is 1.80. The molecular weight excluding hydrogens is 250 g/mol. The fraction of sp³-hybridized carbons (Fsp3) is 0.333. The van der Waals surface area contributed by atoms with E-state index in [0.29, 0.717) is 17.9 Å². The molecule has 5 heteroatoms. The van der Waals surface area contributed by atoms with Crippen LogP contribution in [0.15, 0.2) is 18.5 Å². The minimum atomic E-state index is 0.522. The Kier molecular flexibility index (Phi) is 3.30. The van der Waals surface area contributed by atoms with Crippen LogP contribution in [0.1, 0.15) is 34.6 Å². The van der Waals surface area contributed by atoms with Gasteiger partial charge >= 0.3 is 0 Å². The van der Waals surface area contributed by atoms with Gasteiger partial charge in [0.15, 0.2) is 0 Å². The molecule has 0 spiro atoms. The topological polar surface area (TPSA) is 74.5 Å². The van der Waals surface area contributed by atoms with Crippen molar-refractivity contribution in [3.05, 3.63) is 46.7 Å². The first kappa shape index (κ1) is 12.5. The molecule has 3 rings (SSSR count). The van der Waals surface area contributed by atoms with Crippen LogP contribution in [0.3, 0.4) is 0 Å². The van der Waals surface area contributed by atoms with Gasteiger partial charge in [-0.15, -0.1) is 0 Å². The van der Waals surface area contributed by atoms with Crippen molar-refractivity contribution in [2.45, 2.75) is 32.7 Å². The van der Waals surface area contributed by atoms with E-state index in [4.69, 9.17) is 0 Å². The SMILES string of the molecule is Cc1cnc(CNc2nc3c(cc2C#N)CCC3)cn1. The second kappa shape index (κ2) is 5.25. The molecule has 2 aromatic heterocycles. The summed E-state index contributed by atoms with van der Waals surface area (Å²) in [5, 5.41) is 12.4. The second-order valence-corrected chi connectivity index (χ2v) is 4.96. The average Bonchev–Trinajstić information content (AvgIpc) is 2.92. The van der Waals surface area contributed by atoms with Crippen molar-refractivity contribution in [3.8, 4) is 6.07 Å². The summed E-state index contributed by atoms with van der Waals surface area (Å²) < 4.78 is 0. The third kappa shape index (κ3) is 2.45. The van der Waals surface area contributed by atoms with Gasteiger partial charge in [-0.25, -0.2) is 4.98 Å². The van der Waals surface area contributed by atoms with Crippen molar-refractivity contribution in [3.63, 3.8) is 0 Å². The average molecular weight is 265 g/mol. The van der Waals surface area contributed by atoms with Crippen molar-refractivity contribution in [1.29, 1.82) is 5.26 Å². The fourth-order valence-electron chi connectivity index (χ4n) is 2.38. The molecule has 1 aliphatic carbocycles. The van der Waals surface area contributed by atoms with Gasteiger partial charge in [0.25, 0.3) is 0 Å². The summed E-state index contributed by atoms with van der Waals surface area (Å²) in [6.07, 6.45) is 6.63. The molecule has 1 N–H and O–H groups in total. The number of hydrogen-bond acceptors (Lipinski definition) is 5. The highest BCUT2D eigenvalue weighted by atomic mass is 15.0. The van der Waals surface area contributed by atoms with Gasteiger partial charge in [0.1, 0.15) is 11.9 Å². The highest BCUT2D eigenvalue weighted by Crippen LogP contribution is 2.25. The quantitative estimate of drug-likeness (QED) is 0.920. The van der Waals surface area contributed by atoms with Gasteiger partial charge in [-0.1, -0.05) is 0 Å². The van der Waals surface area contributed by atoms with Crippen LogP contribution in [-0.2, 0) is 19.4 Å². The lowest BCUT2D eigenvalue weighted by molar-refractivity contribution is 0.898. The number of nitrogens with one attached hydrogen (secondary N) is 1. The summed E-state index contributed by atoms with van der Waals surface area (Å²) in [7, 11) is 0. The Labute approximate surface area is 117 Å². The molecule has 0 aromatic carbocycles. The van der Waals surface area contributed by atoms with E-state index >= 15 is 0 Å². The van der Waals surface area contributed by atoms with Gasteiger partial charge in [0.05, 0.1) is 29.7 Å². The van der Waals surface area contributed by atoms with Crippen molar-refractivity contribution < 1.29 is 0 Å².